The van der Waals surface area contributed by atoms with Gasteiger partial charge in [-0.15, -0.1) is 11.8 Å². The van der Waals surface area contributed by atoms with Crippen molar-refractivity contribution in [3.63, 3.8) is 0 Å². The topological polar surface area (TPSA) is 131 Å². The monoisotopic (exact) mass is 510 g/mol. The maximum absolute atomic E-state index is 13.2. The number of carbonyl (C=O) groups excluding carboxylic acids is 4. The number of rotatable bonds is 8. The van der Waals surface area contributed by atoms with Gasteiger partial charge in [0.15, 0.2) is 0 Å². The normalized spacial score (nSPS) is 30.3. The summed E-state index contributed by atoms with van der Waals surface area (Å²) in [5, 5.41) is 12.8. The Morgan fingerprint density at radius 3 is 2.51 bits per heavy atom. The number of fused-ring (bicyclic) bond motifs is 1. The maximum Gasteiger partial charge on any atom is 0.511 e. The van der Waals surface area contributed by atoms with Crippen LogP contribution in [0.25, 0.3) is 0 Å². The van der Waals surface area contributed by atoms with Crippen LogP contribution in [0.4, 0.5) is 4.79 Å². The van der Waals surface area contributed by atoms with Crippen molar-refractivity contribution in [1.82, 2.24) is 10.2 Å². The molecule has 1 saturated carbocycles. The number of thioether (sulfide) groups is 1. The van der Waals surface area contributed by atoms with Crippen LogP contribution in [0.5, 0.6) is 0 Å². The van der Waals surface area contributed by atoms with Crippen molar-refractivity contribution in [1.29, 1.82) is 0 Å². The first-order chi connectivity index (χ1) is 16.7. The molecule has 2 unspecified atom stereocenters. The molecule has 0 radical (unpaired) electrons. The molecule has 2 amide bonds. The number of nitrogens with zero attached hydrogens (tertiary/aromatic N) is 1. The van der Waals surface area contributed by atoms with Gasteiger partial charge in [0, 0.05) is 36.0 Å². The number of β-lactam (4-membered cyclic amide) rings is 1. The molecule has 2 N–H and O–H groups in total. The summed E-state index contributed by atoms with van der Waals surface area (Å²) < 4.78 is 15.7. The number of ether oxygens (including phenoxy) is 3. The van der Waals surface area contributed by atoms with Gasteiger partial charge in [0.1, 0.15) is 5.70 Å². The average Bonchev–Trinajstić information content (AvgIpc) is 3.32. The van der Waals surface area contributed by atoms with Gasteiger partial charge in [-0.2, -0.15) is 0 Å². The van der Waals surface area contributed by atoms with Crippen LogP contribution in [-0.4, -0.2) is 70.8 Å². The molecule has 10 nitrogen and oxygen atoms in total. The summed E-state index contributed by atoms with van der Waals surface area (Å²) in [6.45, 7) is 5.62. The number of amides is 2. The van der Waals surface area contributed by atoms with Crippen LogP contribution in [0, 0.1) is 17.8 Å². The first-order valence-electron chi connectivity index (χ1n) is 12.4. The SMILES string of the molecule is CC(OC(=O)OCC1CCCCC1)OC(=O)C1=C(SC2CNC(=O)C2)[C@H](C)[C@@H]2[C@@H]([C@@H](C)O)C(=O)N12. The Morgan fingerprint density at radius 2 is 1.89 bits per heavy atom. The summed E-state index contributed by atoms with van der Waals surface area (Å²) in [6, 6.07) is -0.366. The molecule has 194 valence electrons. The van der Waals surface area contributed by atoms with E-state index in [2.05, 4.69) is 5.32 Å². The molecule has 4 rings (SSSR count). The van der Waals surface area contributed by atoms with Crippen LogP contribution in [0.2, 0.25) is 0 Å². The number of aliphatic hydroxyl groups excluding tert-OH is 1. The summed E-state index contributed by atoms with van der Waals surface area (Å²) in [4.78, 5) is 51.8. The zero-order valence-electron chi connectivity index (χ0n) is 20.4. The predicted molar refractivity (Wildman–Crippen MR) is 126 cm³/mol. The zero-order chi connectivity index (χ0) is 25.3. The number of aliphatic hydroxyl groups is 1. The van der Waals surface area contributed by atoms with E-state index in [0.29, 0.717) is 23.8 Å². The fraction of sp³-hybridized carbons (Fsp3) is 0.750. The lowest BCUT2D eigenvalue weighted by Crippen LogP contribution is -2.63. The molecular formula is C24H34N2O8S. The third-order valence-corrected chi connectivity index (χ3v) is 8.72. The Kier molecular flexibility index (Phi) is 7.95. The van der Waals surface area contributed by atoms with E-state index < -0.39 is 30.4 Å². The number of carbonyl (C=O) groups is 4. The Hall–Kier alpha value is -2.27. The summed E-state index contributed by atoms with van der Waals surface area (Å²) in [5.41, 5.74) is 0.0970. The van der Waals surface area contributed by atoms with E-state index in [1.165, 1.54) is 30.0 Å². The minimum Gasteiger partial charge on any atom is -0.434 e. The van der Waals surface area contributed by atoms with Gasteiger partial charge < -0.3 is 29.5 Å². The first kappa shape index (κ1) is 25.8. The molecule has 3 aliphatic heterocycles. The minimum atomic E-state index is -1.21. The van der Waals surface area contributed by atoms with Crippen LogP contribution in [-0.2, 0) is 28.6 Å². The molecule has 4 aliphatic rings. The predicted octanol–water partition coefficient (Wildman–Crippen LogP) is 2.30. The summed E-state index contributed by atoms with van der Waals surface area (Å²) in [5.74, 6) is -1.70. The zero-order valence-corrected chi connectivity index (χ0v) is 21.2. The second-order valence-corrected chi connectivity index (χ2v) is 11.2. The van der Waals surface area contributed by atoms with Crippen LogP contribution < -0.4 is 5.32 Å². The maximum atomic E-state index is 13.2. The van der Waals surface area contributed by atoms with Crippen molar-refractivity contribution < 1.29 is 38.5 Å². The first-order valence-corrected chi connectivity index (χ1v) is 13.3. The van der Waals surface area contributed by atoms with Gasteiger partial charge in [-0.25, -0.2) is 9.59 Å². The van der Waals surface area contributed by atoms with E-state index in [1.807, 2.05) is 6.92 Å². The molecule has 2 saturated heterocycles. The Morgan fingerprint density at radius 1 is 1.17 bits per heavy atom. The summed E-state index contributed by atoms with van der Waals surface area (Å²) >= 11 is 1.38. The van der Waals surface area contributed by atoms with Crippen molar-refractivity contribution in [3.05, 3.63) is 10.6 Å². The number of hydrogen-bond acceptors (Lipinski definition) is 9. The minimum absolute atomic E-state index is 0.0622. The highest BCUT2D eigenvalue weighted by Crippen LogP contribution is 2.52. The standard InChI is InChI=1S/C24H34N2O8S/c1-12-19-18(13(2)27)22(29)26(19)20(21(12)35-16-9-17(28)25-10-16)23(30)33-14(3)34-24(31)32-11-15-7-5-4-6-8-15/h12-16,18-19,27H,4-11H2,1-3H3,(H,25,28)/t12-,13-,14?,16?,18-,19-/m1/s1. The largest absolute Gasteiger partial charge is 0.511 e. The van der Waals surface area contributed by atoms with Gasteiger partial charge in [-0.3, -0.25) is 9.59 Å². The van der Waals surface area contributed by atoms with E-state index >= 15 is 0 Å². The van der Waals surface area contributed by atoms with E-state index in [0.717, 1.165) is 25.7 Å². The van der Waals surface area contributed by atoms with Gasteiger partial charge in [0.05, 0.1) is 24.7 Å². The molecule has 11 heteroatoms. The average molecular weight is 511 g/mol. The van der Waals surface area contributed by atoms with Crippen LogP contribution in [0.15, 0.2) is 10.6 Å². The molecule has 1 aliphatic carbocycles. The molecule has 0 bridgehead atoms. The van der Waals surface area contributed by atoms with Gasteiger partial charge in [0.25, 0.3) is 0 Å². The van der Waals surface area contributed by atoms with E-state index in [9.17, 15) is 24.3 Å². The fourth-order valence-corrected chi connectivity index (χ4v) is 6.86. The van der Waals surface area contributed by atoms with Gasteiger partial charge in [-0.1, -0.05) is 26.2 Å². The highest BCUT2D eigenvalue weighted by Gasteiger charge is 2.60. The third-order valence-electron chi connectivity index (χ3n) is 7.23. The van der Waals surface area contributed by atoms with E-state index in [4.69, 9.17) is 14.2 Å². The number of nitrogens with one attached hydrogen (secondary N) is 1. The summed E-state index contributed by atoms with van der Waals surface area (Å²) in [6.07, 6.45) is 2.84. The molecule has 35 heavy (non-hydrogen) atoms. The van der Waals surface area contributed by atoms with Gasteiger partial charge in [0.2, 0.25) is 18.1 Å². The second kappa shape index (κ2) is 10.8. The molecule has 0 aromatic heterocycles. The van der Waals surface area contributed by atoms with Crippen LogP contribution >= 0.6 is 11.8 Å². The number of esters is 1. The molecule has 0 aromatic carbocycles. The highest BCUT2D eigenvalue weighted by atomic mass is 32.2. The van der Waals surface area contributed by atoms with Crippen molar-refractivity contribution >= 4 is 35.7 Å². The van der Waals surface area contributed by atoms with Gasteiger partial charge in [-0.05, 0) is 25.7 Å². The molecule has 6 atom stereocenters. The quantitative estimate of drug-likeness (QED) is 0.287. The molecule has 0 spiro atoms. The van der Waals surface area contributed by atoms with Crippen molar-refractivity contribution in [2.75, 3.05) is 13.2 Å². The molecule has 0 aromatic rings. The van der Waals surface area contributed by atoms with E-state index in [1.54, 1.807) is 6.92 Å². The highest BCUT2D eigenvalue weighted by molar-refractivity contribution is 8.03. The summed E-state index contributed by atoms with van der Waals surface area (Å²) in [7, 11) is 0. The Labute approximate surface area is 209 Å². The third kappa shape index (κ3) is 5.45. The lowest BCUT2D eigenvalue weighted by molar-refractivity contribution is -0.173. The lowest BCUT2D eigenvalue weighted by Gasteiger charge is -2.46. The Bertz CT molecular complexity index is 900. The fourth-order valence-electron chi connectivity index (χ4n) is 5.45. The van der Waals surface area contributed by atoms with Crippen molar-refractivity contribution in [2.45, 2.75) is 83.0 Å². The Balaban J connectivity index is 1.41. The van der Waals surface area contributed by atoms with E-state index in [-0.39, 0.29) is 41.3 Å². The number of hydrogen-bond donors (Lipinski definition) is 2. The van der Waals surface area contributed by atoms with Gasteiger partial charge >= 0.3 is 12.1 Å². The molecule has 3 fully saturated rings. The smallest absolute Gasteiger partial charge is 0.434 e. The second-order valence-electron chi connectivity index (χ2n) is 9.87. The van der Waals surface area contributed by atoms with Crippen LogP contribution in [0.1, 0.15) is 59.3 Å². The molecule has 3 heterocycles. The van der Waals surface area contributed by atoms with Crippen molar-refractivity contribution in [2.24, 2.45) is 17.8 Å². The molecular weight excluding hydrogens is 476 g/mol. The van der Waals surface area contributed by atoms with Crippen molar-refractivity contribution in [3.8, 4) is 0 Å². The van der Waals surface area contributed by atoms with Crippen LogP contribution in [0.3, 0.4) is 0 Å². The lowest BCUT2D eigenvalue weighted by atomic mass is 9.79.